The molecule has 2 aromatic carbocycles. The lowest BCUT2D eigenvalue weighted by Crippen LogP contribution is -2.37. The molecule has 0 radical (unpaired) electrons. The Labute approximate surface area is 193 Å². The van der Waals surface area contributed by atoms with Gasteiger partial charge in [-0.15, -0.1) is 0 Å². The van der Waals surface area contributed by atoms with E-state index in [1.807, 2.05) is 0 Å². The Balaban J connectivity index is 1.62. The van der Waals surface area contributed by atoms with Crippen molar-refractivity contribution in [3.8, 4) is 0 Å². The number of aromatic nitrogens is 2. The molecule has 2 heterocycles. The summed E-state index contributed by atoms with van der Waals surface area (Å²) in [5, 5.41) is 0. The van der Waals surface area contributed by atoms with E-state index in [0.717, 1.165) is 10.9 Å². The number of ether oxygens (including phenoxy) is 2. The second kappa shape index (κ2) is 9.16. The van der Waals surface area contributed by atoms with Gasteiger partial charge in [-0.1, -0.05) is 37.8 Å². The maximum Gasteiger partial charge on any atom is 0.262 e. The molecule has 0 saturated heterocycles. The molecule has 0 fully saturated rings. The van der Waals surface area contributed by atoms with E-state index in [0.29, 0.717) is 23.3 Å². The molecule has 1 aliphatic heterocycles. The summed E-state index contributed by atoms with van der Waals surface area (Å²) < 4.78 is 28.4. The van der Waals surface area contributed by atoms with Crippen molar-refractivity contribution in [1.29, 1.82) is 0 Å². The zero-order valence-electron chi connectivity index (χ0n) is 19.3. The lowest BCUT2D eigenvalue weighted by Gasteiger charge is -2.26. The van der Waals surface area contributed by atoms with Gasteiger partial charge in [-0.2, -0.15) is 0 Å². The van der Waals surface area contributed by atoms with E-state index in [1.165, 1.54) is 7.11 Å². The highest BCUT2D eigenvalue weighted by Gasteiger charge is 2.41. The number of rotatable bonds is 9. The molecule has 174 valence electrons. The molecule has 1 atom stereocenters. The van der Waals surface area contributed by atoms with Gasteiger partial charge in [-0.25, -0.2) is 9.37 Å². The quantitative estimate of drug-likeness (QED) is 0.263. The second-order valence-corrected chi connectivity index (χ2v) is 15.0. The Morgan fingerprint density at radius 1 is 1.06 bits per heavy atom. The van der Waals surface area contributed by atoms with E-state index in [-0.39, 0.29) is 24.4 Å². The van der Waals surface area contributed by atoms with Crippen LogP contribution in [0.15, 0.2) is 42.7 Å². The van der Waals surface area contributed by atoms with Crippen LogP contribution in [0.2, 0.25) is 25.7 Å². The number of carbonyl (C=O) groups is 2. The maximum absolute atomic E-state index is 15.6. The van der Waals surface area contributed by atoms with Crippen molar-refractivity contribution in [3.63, 3.8) is 0 Å². The number of hydrogen-bond donors (Lipinski definition) is 0. The standard InChI is InChI=1S/C24H28FN3O4Si/c1-31-13-20(28-23(29)16-7-5-6-8-17(16)24(28)30)18-9-10-19-22(21(18)25)26-14-27(19)15-32-11-12-33(2,3)4/h5-10,14,20H,11-13,15H2,1-4H3/t20-/m1/s1. The fraction of sp³-hybridized carbons (Fsp3) is 0.375. The smallest absolute Gasteiger partial charge is 0.262 e. The number of amides is 2. The van der Waals surface area contributed by atoms with Gasteiger partial charge in [0.25, 0.3) is 11.8 Å². The molecule has 33 heavy (non-hydrogen) atoms. The number of nitrogens with zero attached hydrogens (tertiary/aromatic N) is 3. The molecule has 0 aliphatic carbocycles. The molecule has 2 amide bonds. The van der Waals surface area contributed by atoms with Crippen LogP contribution in [0.3, 0.4) is 0 Å². The van der Waals surface area contributed by atoms with Gasteiger partial charge in [0.15, 0.2) is 5.82 Å². The number of imide groups is 1. The first-order valence-electron chi connectivity index (χ1n) is 10.9. The number of hydrogen-bond acceptors (Lipinski definition) is 5. The number of imidazole rings is 1. The van der Waals surface area contributed by atoms with Gasteiger partial charge in [0, 0.05) is 27.4 Å². The molecule has 7 nitrogen and oxygen atoms in total. The van der Waals surface area contributed by atoms with Crippen molar-refractivity contribution in [3.05, 3.63) is 65.2 Å². The molecule has 1 aromatic heterocycles. The molecule has 1 aliphatic rings. The molecule has 0 unspecified atom stereocenters. The summed E-state index contributed by atoms with van der Waals surface area (Å²) in [6, 6.07) is 10.1. The molecule has 3 aromatic rings. The summed E-state index contributed by atoms with van der Waals surface area (Å²) in [4.78, 5) is 31.3. The Hall–Kier alpha value is -2.88. The van der Waals surface area contributed by atoms with Crippen LogP contribution in [0.5, 0.6) is 0 Å². The van der Waals surface area contributed by atoms with Crippen molar-refractivity contribution in [2.24, 2.45) is 0 Å². The SMILES string of the molecule is COC[C@H](c1ccc2c(ncn2COCC[Si](C)(C)C)c1F)N1C(=O)c2ccccc2C1=O. The normalized spacial score (nSPS) is 14.9. The summed E-state index contributed by atoms with van der Waals surface area (Å²) in [6.07, 6.45) is 1.54. The monoisotopic (exact) mass is 469 g/mol. The third-order valence-corrected chi connectivity index (χ3v) is 7.51. The third-order valence-electron chi connectivity index (χ3n) is 5.81. The van der Waals surface area contributed by atoms with Gasteiger partial charge < -0.3 is 14.0 Å². The van der Waals surface area contributed by atoms with Crippen LogP contribution in [-0.4, -0.2) is 54.7 Å². The lowest BCUT2D eigenvalue weighted by atomic mass is 10.0. The van der Waals surface area contributed by atoms with E-state index in [4.69, 9.17) is 9.47 Å². The van der Waals surface area contributed by atoms with Crippen LogP contribution < -0.4 is 0 Å². The summed E-state index contributed by atoms with van der Waals surface area (Å²) >= 11 is 0. The summed E-state index contributed by atoms with van der Waals surface area (Å²) in [6.45, 7) is 7.74. The number of benzene rings is 2. The Morgan fingerprint density at radius 2 is 1.73 bits per heavy atom. The van der Waals surface area contributed by atoms with Gasteiger partial charge in [0.2, 0.25) is 0 Å². The predicted molar refractivity (Wildman–Crippen MR) is 125 cm³/mol. The van der Waals surface area contributed by atoms with Crippen LogP contribution in [-0.2, 0) is 16.2 Å². The van der Waals surface area contributed by atoms with Crippen LogP contribution in [0, 0.1) is 5.82 Å². The summed E-state index contributed by atoms with van der Waals surface area (Å²) in [7, 11) is 0.253. The summed E-state index contributed by atoms with van der Waals surface area (Å²) in [5.41, 5.74) is 1.56. The summed E-state index contributed by atoms with van der Waals surface area (Å²) in [5.74, 6) is -1.50. The molecule has 0 N–H and O–H groups in total. The molecule has 9 heteroatoms. The van der Waals surface area contributed by atoms with E-state index < -0.39 is 31.7 Å². The van der Waals surface area contributed by atoms with Crippen LogP contribution in [0.25, 0.3) is 11.0 Å². The van der Waals surface area contributed by atoms with Crippen molar-refractivity contribution in [2.75, 3.05) is 20.3 Å². The Bertz CT molecular complexity index is 1170. The van der Waals surface area contributed by atoms with Crippen molar-refractivity contribution in [1.82, 2.24) is 14.5 Å². The van der Waals surface area contributed by atoms with Gasteiger partial charge >= 0.3 is 0 Å². The highest BCUT2D eigenvalue weighted by molar-refractivity contribution is 6.76. The molecular formula is C24H28FN3O4Si. The number of carbonyl (C=O) groups excluding carboxylic acids is 2. The van der Waals surface area contributed by atoms with Crippen LogP contribution in [0.1, 0.15) is 32.3 Å². The first-order valence-corrected chi connectivity index (χ1v) is 14.6. The first kappa shape index (κ1) is 23.3. The largest absolute Gasteiger partial charge is 0.382 e. The zero-order chi connectivity index (χ0) is 23.8. The van der Waals surface area contributed by atoms with E-state index in [9.17, 15) is 9.59 Å². The van der Waals surface area contributed by atoms with Crippen molar-refractivity contribution >= 4 is 30.9 Å². The van der Waals surface area contributed by atoms with Crippen molar-refractivity contribution < 1.29 is 23.5 Å². The highest BCUT2D eigenvalue weighted by Crippen LogP contribution is 2.34. The molecule has 0 bridgehead atoms. The fourth-order valence-corrected chi connectivity index (χ4v) is 4.72. The van der Waals surface area contributed by atoms with E-state index >= 15 is 4.39 Å². The zero-order valence-corrected chi connectivity index (χ0v) is 20.3. The second-order valence-electron chi connectivity index (χ2n) is 9.40. The minimum atomic E-state index is -1.20. The maximum atomic E-state index is 15.6. The van der Waals surface area contributed by atoms with E-state index in [2.05, 4.69) is 24.6 Å². The first-order chi connectivity index (χ1) is 15.7. The Kier molecular flexibility index (Phi) is 6.47. The number of fused-ring (bicyclic) bond motifs is 2. The highest BCUT2D eigenvalue weighted by atomic mass is 28.3. The van der Waals surface area contributed by atoms with Gasteiger partial charge in [-0.05, 0) is 24.2 Å². The van der Waals surface area contributed by atoms with Crippen LogP contribution >= 0.6 is 0 Å². The topological polar surface area (TPSA) is 73.7 Å². The number of methoxy groups -OCH3 is 1. The predicted octanol–water partition coefficient (Wildman–Crippen LogP) is 4.47. The van der Waals surface area contributed by atoms with E-state index in [1.54, 1.807) is 47.3 Å². The minimum Gasteiger partial charge on any atom is -0.382 e. The molecule has 0 saturated carbocycles. The molecule has 0 spiro atoms. The Morgan fingerprint density at radius 3 is 2.33 bits per heavy atom. The molecular weight excluding hydrogens is 441 g/mol. The van der Waals surface area contributed by atoms with Gasteiger partial charge in [0.1, 0.15) is 12.2 Å². The lowest BCUT2D eigenvalue weighted by molar-refractivity contribution is 0.0464. The van der Waals surface area contributed by atoms with Crippen LogP contribution in [0.4, 0.5) is 4.39 Å². The van der Waals surface area contributed by atoms with Gasteiger partial charge in [-0.3, -0.25) is 14.5 Å². The number of halogens is 1. The average Bonchev–Trinajstić information content (AvgIpc) is 3.30. The minimum absolute atomic E-state index is 0.0333. The third kappa shape index (κ3) is 4.48. The van der Waals surface area contributed by atoms with Gasteiger partial charge in [0.05, 0.1) is 35.6 Å². The molecule has 4 rings (SSSR count). The average molecular weight is 470 g/mol. The fourth-order valence-electron chi connectivity index (χ4n) is 3.97. The van der Waals surface area contributed by atoms with Crippen molar-refractivity contribution in [2.45, 2.75) is 38.5 Å².